The highest BCUT2D eigenvalue weighted by molar-refractivity contribution is 5.87. The number of nitrogens with zero attached hydrogens (tertiary/aromatic N) is 3. The molecule has 3 heterocycles. The van der Waals surface area contributed by atoms with Crippen LogP contribution in [0.2, 0.25) is 0 Å². The summed E-state index contributed by atoms with van der Waals surface area (Å²) < 4.78 is 30.9. The molecule has 34 heavy (non-hydrogen) atoms. The van der Waals surface area contributed by atoms with E-state index in [0.717, 1.165) is 12.6 Å². The second-order valence-electron chi connectivity index (χ2n) is 9.34. The van der Waals surface area contributed by atoms with E-state index in [-0.39, 0.29) is 30.1 Å². The number of fused-ring (bicyclic) bond motifs is 1. The minimum Gasteiger partial charge on any atom is -0.481 e. The van der Waals surface area contributed by atoms with Crippen molar-refractivity contribution in [1.29, 1.82) is 0 Å². The summed E-state index contributed by atoms with van der Waals surface area (Å²) in [5.41, 5.74) is 0.331. The number of rotatable bonds is 8. The maximum atomic E-state index is 15.1. The molecule has 186 valence electrons. The summed E-state index contributed by atoms with van der Waals surface area (Å²) in [6.45, 7) is 9.40. The van der Waals surface area contributed by atoms with Gasteiger partial charge in [-0.1, -0.05) is 0 Å². The molecular weight excluding hydrogens is 443 g/mol. The van der Waals surface area contributed by atoms with Crippen molar-refractivity contribution in [1.82, 2.24) is 20.2 Å². The highest BCUT2D eigenvalue weighted by Gasteiger charge is 2.33. The van der Waals surface area contributed by atoms with Crippen LogP contribution in [0.5, 0.6) is 5.88 Å². The highest BCUT2D eigenvalue weighted by Crippen LogP contribution is 2.31. The number of carbonyl (C=O) groups excluding carboxylic acids is 2. The average molecular weight is 477 g/mol. The van der Waals surface area contributed by atoms with E-state index >= 15 is 4.39 Å². The number of esters is 1. The fourth-order valence-electron chi connectivity index (χ4n) is 4.06. The molecule has 1 N–H and O–H groups in total. The van der Waals surface area contributed by atoms with Crippen LogP contribution < -0.4 is 10.1 Å². The van der Waals surface area contributed by atoms with Gasteiger partial charge in [-0.3, -0.25) is 9.78 Å². The summed E-state index contributed by atoms with van der Waals surface area (Å²) in [6.07, 6.45) is 1.48. The number of methoxy groups -OCH3 is 1. The van der Waals surface area contributed by atoms with E-state index in [1.54, 1.807) is 19.1 Å². The van der Waals surface area contributed by atoms with Gasteiger partial charge < -0.3 is 24.4 Å². The van der Waals surface area contributed by atoms with Crippen molar-refractivity contribution >= 4 is 23.1 Å². The van der Waals surface area contributed by atoms with Crippen LogP contribution in [0.4, 0.5) is 9.18 Å². The van der Waals surface area contributed by atoms with Crippen LogP contribution in [0.1, 0.15) is 45.6 Å². The second kappa shape index (κ2) is 10.9. The molecule has 0 spiro atoms. The Bertz CT molecular complexity index is 1030. The molecule has 3 rings (SSSR count). The van der Waals surface area contributed by atoms with Gasteiger partial charge in [0, 0.05) is 31.3 Å². The van der Waals surface area contributed by atoms with Gasteiger partial charge in [-0.25, -0.2) is 14.2 Å². The third-order valence-electron chi connectivity index (χ3n) is 5.55. The number of amides is 1. The second-order valence-corrected chi connectivity index (χ2v) is 9.34. The average Bonchev–Trinajstić information content (AvgIpc) is 3.22. The number of ether oxygens (including phenoxy) is 3. The van der Waals surface area contributed by atoms with Crippen LogP contribution in [-0.2, 0) is 14.3 Å². The van der Waals surface area contributed by atoms with Gasteiger partial charge in [0.1, 0.15) is 11.4 Å². The molecule has 1 amide bonds. The summed E-state index contributed by atoms with van der Waals surface area (Å²) in [6, 6.07) is 3.32. The smallest absolute Gasteiger partial charge is 0.407 e. The number of alkyl carbamates (subject to hydrolysis) is 1. The van der Waals surface area contributed by atoms with Gasteiger partial charge in [-0.15, -0.1) is 0 Å². The van der Waals surface area contributed by atoms with Crippen molar-refractivity contribution in [2.24, 2.45) is 5.92 Å². The quantitative estimate of drug-likeness (QED) is 0.579. The monoisotopic (exact) mass is 476 g/mol. The number of carbonyl (C=O) groups is 2. The van der Waals surface area contributed by atoms with Gasteiger partial charge >= 0.3 is 12.1 Å². The maximum Gasteiger partial charge on any atom is 0.407 e. The molecule has 1 aliphatic rings. The van der Waals surface area contributed by atoms with E-state index in [2.05, 4.69) is 20.2 Å². The first-order valence-electron chi connectivity index (χ1n) is 11.5. The van der Waals surface area contributed by atoms with E-state index in [0.29, 0.717) is 31.0 Å². The van der Waals surface area contributed by atoms with E-state index in [4.69, 9.17) is 14.2 Å². The first kappa shape index (κ1) is 25.6. The fourth-order valence-corrected chi connectivity index (χ4v) is 4.06. The zero-order valence-electron chi connectivity index (χ0n) is 20.4. The Morgan fingerprint density at radius 2 is 2.09 bits per heavy atom. The Balaban J connectivity index is 1.77. The van der Waals surface area contributed by atoms with E-state index < -0.39 is 29.4 Å². The number of hydrogen-bond acceptors (Lipinski definition) is 8. The number of halogens is 1. The number of nitrogens with one attached hydrogen (secondary N) is 1. The normalized spacial score (nSPS) is 17.4. The van der Waals surface area contributed by atoms with Crippen molar-refractivity contribution in [3.63, 3.8) is 0 Å². The van der Waals surface area contributed by atoms with Gasteiger partial charge in [0.05, 0.1) is 36.9 Å². The van der Waals surface area contributed by atoms with Crippen LogP contribution in [0, 0.1) is 11.7 Å². The minimum atomic E-state index is -0.886. The van der Waals surface area contributed by atoms with Gasteiger partial charge in [0.15, 0.2) is 0 Å². The molecule has 0 aliphatic carbocycles. The largest absolute Gasteiger partial charge is 0.481 e. The summed E-state index contributed by atoms with van der Waals surface area (Å²) in [5, 5.41) is 2.80. The van der Waals surface area contributed by atoms with Crippen molar-refractivity contribution in [3.05, 3.63) is 29.7 Å². The maximum absolute atomic E-state index is 15.1. The van der Waals surface area contributed by atoms with Gasteiger partial charge in [0.25, 0.3) is 0 Å². The predicted molar refractivity (Wildman–Crippen MR) is 124 cm³/mol. The molecule has 9 nitrogen and oxygen atoms in total. The van der Waals surface area contributed by atoms with E-state index in [1.807, 2.05) is 20.8 Å². The topological polar surface area (TPSA) is 103 Å². The molecule has 2 atom stereocenters. The van der Waals surface area contributed by atoms with Crippen molar-refractivity contribution in [3.8, 4) is 5.88 Å². The Morgan fingerprint density at radius 3 is 2.76 bits per heavy atom. The molecule has 2 aromatic rings. The SMILES string of the molecule is CCOC(=O)[C@H](CN1CC[C@H](CNC(=O)OC(C)(C)C)C1)c1c(F)cnc2ccc(OC)nc12. The zero-order valence-corrected chi connectivity index (χ0v) is 20.4. The predicted octanol–water partition coefficient (Wildman–Crippen LogP) is 3.27. The number of aromatic nitrogens is 2. The van der Waals surface area contributed by atoms with Crippen LogP contribution >= 0.6 is 0 Å². The van der Waals surface area contributed by atoms with Crippen molar-refractivity contribution in [2.45, 2.75) is 45.6 Å². The summed E-state index contributed by atoms with van der Waals surface area (Å²) in [7, 11) is 1.47. The van der Waals surface area contributed by atoms with Gasteiger partial charge in [-0.05, 0) is 52.6 Å². The third-order valence-corrected chi connectivity index (χ3v) is 5.55. The highest BCUT2D eigenvalue weighted by atomic mass is 19.1. The molecule has 2 aromatic heterocycles. The third kappa shape index (κ3) is 6.53. The first-order chi connectivity index (χ1) is 16.1. The van der Waals surface area contributed by atoms with Crippen LogP contribution in [0.25, 0.3) is 11.0 Å². The lowest BCUT2D eigenvalue weighted by Crippen LogP contribution is -2.36. The molecule has 10 heteroatoms. The molecule has 1 fully saturated rings. The van der Waals surface area contributed by atoms with Crippen LogP contribution in [0.3, 0.4) is 0 Å². The van der Waals surface area contributed by atoms with Crippen molar-refractivity contribution in [2.75, 3.05) is 39.9 Å². The Morgan fingerprint density at radius 1 is 1.32 bits per heavy atom. The zero-order chi connectivity index (χ0) is 24.9. The van der Waals surface area contributed by atoms with Crippen LogP contribution in [-0.4, -0.2) is 72.4 Å². The molecule has 0 saturated carbocycles. The first-order valence-corrected chi connectivity index (χ1v) is 11.5. The standard InChI is InChI=1S/C24H33FN4O5/c1-6-33-22(30)16(20-17(25)12-26-18-7-8-19(32-5)28-21(18)20)14-29-10-9-15(13-29)11-27-23(31)34-24(2,3)4/h7-8,12,15-16H,6,9-11,13-14H2,1-5H3,(H,27,31)/t15-,16-/m1/s1. The van der Waals surface area contributed by atoms with Crippen LogP contribution in [0.15, 0.2) is 18.3 Å². The molecular formula is C24H33FN4O5. The summed E-state index contributed by atoms with van der Waals surface area (Å²) >= 11 is 0. The van der Waals surface area contributed by atoms with Gasteiger partial charge in [0.2, 0.25) is 5.88 Å². The number of hydrogen-bond donors (Lipinski definition) is 1. The number of pyridine rings is 2. The lowest BCUT2D eigenvalue weighted by Gasteiger charge is -2.24. The molecule has 0 radical (unpaired) electrons. The molecule has 0 aromatic carbocycles. The summed E-state index contributed by atoms with van der Waals surface area (Å²) in [5.74, 6) is -1.53. The number of likely N-dealkylation sites (tertiary alicyclic amines) is 1. The molecule has 0 unspecified atom stereocenters. The molecule has 0 bridgehead atoms. The molecule has 1 saturated heterocycles. The Hall–Kier alpha value is -3.01. The van der Waals surface area contributed by atoms with Gasteiger partial charge in [-0.2, -0.15) is 0 Å². The minimum absolute atomic E-state index is 0.151. The lowest BCUT2D eigenvalue weighted by molar-refractivity contribution is -0.145. The Labute approximate surface area is 199 Å². The van der Waals surface area contributed by atoms with E-state index in [1.165, 1.54) is 7.11 Å². The molecule has 1 aliphatic heterocycles. The fraction of sp³-hybridized carbons (Fsp3) is 0.583. The lowest BCUT2D eigenvalue weighted by atomic mass is 9.97. The van der Waals surface area contributed by atoms with E-state index in [9.17, 15) is 9.59 Å². The van der Waals surface area contributed by atoms with Crippen molar-refractivity contribution < 1.29 is 28.2 Å². The summed E-state index contributed by atoms with van der Waals surface area (Å²) in [4.78, 5) is 35.5. The Kier molecular flexibility index (Phi) is 8.24.